The summed E-state index contributed by atoms with van der Waals surface area (Å²) < 4.78 is 0. The molecule has 0 radical (unpaired) electrons. The molecule has 1 aliphatic rings. The van der Waals surface area contributed by atoms with Crippen LogP contribution in [-0.2, 0) is 4.79 Å². The molecule has 0 spiro atoms. The smallest absolute Gasteiger partial charge is 0.239 e. The number of nitrogens with zero attached hydrogens (tertiary/aromatic N) is 1. The molecule has 1 N–H and O–H groups in total. The second-order valence-corrected chi connectivity index (χ2v) is 5.39. The van der Waals surface area contributed by atoms with E-state index in [0.29, 0.717) is 0 Å². The Hall–Kier alpha value is -1.00. The Morgan fingerprint density at radius 3 is 2.82 bits per heavy atom. The summed E-state index contributed by atoms with van der Waals surface area (Å²) >= 11 is 1.82. The van der Waals surface area contributed by atoms with Crippen LogP contribution in [0.15, 0.2) is 35.2 Å². The highest BCUT2D eigenvalue weighted by atomic mass is 32.2. The van der Waals surface area contributed by atoms with Gasteiger partial charge in [0, 0.05) is 30.8 Å². The summed E-state index contributed by atoms with van der Waals surface area (Å²) in [7, 11) is 1.86. The van der Waals surface area contributed by atoms with Crippen molar-refractivity contribution in [3.8, 4) is 0 Å². The molecular weight excluding hydrogens is 232 g/mol. The summed E-state index contributed by atoms with van der Waals surface area (Å²) in [5, 5.41) is 3.32. The van der Waals surface area contributed by atoms with Crippen LogP contribution in [0.5, 0.6) is 0 Å². The highest BCUT2D eigenvalue weighted by molar-refractivity contribution is 7.99. The van der Waals surface area contributed by atoms with E-state index in [2.05, 4.69) is 17.4 Å². The van der Waals surface area contributed by atoms with E-state index in [4.69, 9.17) is 0 Å². The second kappa shape index (κ2) is 6.07. The Bertz CT molecular complexity index is 369. The van der Waals surface area contributed by atoms with Crippen LogP contribution in [0.4, 0.5) is 0 Å². The highest BCUT2D eigenvalue weighted by Crippen LogP contribution is 2.16. The maximum atomic E-state index is 11.6. The Morgan fingerprint density at radius 2 is 2.18 bits per heavy atom. The molecule has 1 fully saturated rings. The fraction of sp³-hybridized carbons (Fsp3) is 0.462. The molecule has 0 saturated carbocycles. The van der Waals surface area contributed by atoms with Gasteiger partial charge in [-0.05, 0) is 18.6 Å². The third-order valence-electron chi connectivity index (χ3n) is 2.93. The molecule has 1 amide bonds. The predicted molar refractivity (Wildman–Crippen MR) is 71.2 cm³/mol. The van der Waals surface area contributed by atoms with E-state index >= 15 is 0 Å². The fourth-order valence-electron chi connectivity index (χ4n) is 1.93. The van der Waals surface area contributed by atoms with Gasteiger partial charge in [-0.2, -0.15) is 0 Å². The van der Waals surface area contributed by atoms with Crippen LogP contribution in [0, 0.1) is 0 Å². The lowest BCUT2D eigenvalue weighted by atomic mass is 10.2. The van der Waals surface area contributed by atoms with E-state index < -0.39 is 0 Å². The molecule has 17 heavy (non-hydrogen) atoms. The van der Waals surface area contributed by atoms with E-state index in [9.17, 15) is 4.79 Å². The van der Waals surface area contributed by atoms with Crippen LogP contribution < -0.4 is 5.32 Å². The molecule has 1 saturated heterocycles. The summed E-state index contributed by atoms with van der Waals surface area (Å²) in [5.41, 5.74) is 0. The average molecular weight is 250 g/mol. The maximum absolute atomic E-state index is 11.6. The van der Waals surface area contributed by atoms with Crippen LogP contribution in [0.3, 0.4) is 0 Å². The van der Waals surface area contributed by atoms with Crippen molar-refractivity contribution in [3.63, 3.8) is 0 Å². The lowest BCUT2D eigenvalue weighted by Gasteiger charge is -2.11. The van der Waals surface area contributed by atoms with Crippen LogP contribution in [0.2, 0.25) is 0 Å². The normalized spacial score (nSPS) is 19.9. The van der Waals surface area contributed by atoms with Gasteiger partial charge in [-0.15, -0.1) is 11.8 Å². The topological polar surface area (TPSA) is 32.3 Å². The van der Waals surface area contributed by atoms with Gasteiger partial charge in [-0.3, -0.25) is 4.79 Å². The summed E-state index contributed by atoms with van der Waals surface area (Å²) in [4.78, 5) is 14.7. The molecular formula is C13H18N2OS. The third kappa shape index (κ3) is 3.48. The zero-order valence-electron chi connectivity index (χ0n) is 10.1. The number of nitrogens with one attached hydrogen (secondary N) is 1. The zero-order valence-corrected chi connectivity index (χ0v) is 10.9. The summed E-state index contributed by atoms with van der Waals surface area (Å²) in [6.45, 7) is 1.76. The highest BCUT2D eigenvalue weighted by Gasteiger charge is 2.27. The van der Waals surface area contributed by atoms with Gasteiger partial charge in [-0.1, -0.05) is 18.2 Å². The first-order chi connectivity index (χ1) is 8.27. The van der Waals surface area contributed by atoms with Gasteiger partial charge in [0.1, 0.15) is 0 Å². The lowest BCUT2D eigenvalue weighted by Crippen LogP contribution is -2.37. The zero-order chi connectivity index (χ0) is 12.1. The fourth-order valence-corrected chi connectivity index (χ4v) is 2.74. The van der Waals surface area contributed by atoms with Gasteiger partial charge >= 0.3 is 0 Å². The van der Waals surface area contributed by atoms with Gasteiger partial charge < -0.3 is 10.2 Å². The van der Waals surface area contributed by atoms with E-state index in [1.165, 1.54) is 4.90 Å². The van der Waals surface area contributed by atoms with Gasteiger partial charge in [0.2, 0.25) is 5.91 Å². The number of likely N-dealkylation sites (N-methyl/N-ethyl adjacent to an activating group) is 1. The van der Waals surface area contributed by atoms with E-state index in [1.54, 1.807) is 4.90 Å². The van der Waals surface area contributed by atoms with Crippen LogP contribution in [0.1, 0.15) is 6.42 Å². The van der Waals surface area contributed by atoms with Crippen molar-refractivity contribution in [1.82, 2.24) is 10.2 Å². The van der Waals surface area contributed by atoms with Crippen molar-refractivity contribution in [2.45, 2.75) is 17.4 Å². The standard InChI is InChI=1S/C13H18N2OS/c1-15-9-7-12(13(15)16)14-8-10-17-11-5-3-2-4-6-11/h2-6,12,14H,7-10H2,1H3. The molecule has 4 heteroatoms. The number of carbonyl (C=O) groups is 1. The molecule has 92 valence electrons. The number of hydrogen-bond donors (Lipinski definition) is 1. The molecule has 1 unspecified atom stereocenters. The Balaban J connectivity index is 1.65. The summed E-state index contributed by atoms with van der Waals surface area (Å²) in [5.74, 6) is 1.23. The summed E-state index contributed by atoms with van der Waals surface area (Å²) in [6, 6.07) is 10.4. The summed E-state index contributed by atoms with van der Waals surface area (Å²) in [6.07, 6.45) is 0.936. The first-order valence-electron chi connectivity index (χ1n) is 5.93. The number of hydrogen-bond acceptors (Lipinski definition) is 3. The maximum Gasteiger partial charge on any atom is 0.239 e. The molecule has 1 aromatic rings. The van der Waals surface area contributed by atoms with Crippen LogP contribution in [-0.4, -0.2) is 42.7 Å². The van der Waals surface area contributed by atoms with Crippen molar-refractivity contribution in [3.05, 3.63) is 30.3 Å². The minimum atomic E-state index is 0.0383. The average Bonchev–Trinajstić information content (AvgIpc) is 2.67. The van der Waals surface area contributed by atoms with E-state index in [-0.39, 0.29) is 11.9 Å². The van der Waals surface area contributed by atoms with Crippen molar-refractivity contribution in [2.75, 3.05) is 25.9 Å². The molecule has 0 aromatic heterocycles. The third-order valence-corrected chi connectivity index (χ3v) is 3.95. The molecule has 0 aliphatic carbocycles. The first-order valence-corrected chi connectivity index (χ1v) is 6.92. The number of carbonyl (C=O) groups excluding carboxylic acids is 1. The first kappa shape index (κ1) is 12.5. The van der Waals surface area contributed by atoms with Gasteiger partial charge in [0.05, 0.1) is 6.04 Å². The van der Waals surface area contributed by atoms with Crippen molar-refractivity contribution < 1.29 is 4.79 Å². The van der Waals surface area contributed by atoms with Gasteiger partial charge in [-0.25, -0.2) is 0 Å². The Labute approximate surface area is 107 Å². The monoisotopic (exact) mass is 250 g/mol. The minimum Gasteiger partial charge on any atom is -0.344 e. The van der Waals surface area contributed by atoms with Crippen LogP contribution in [0.25, 0.3) is 0 Å². The van der Waals surface area contributed by atoms with Crippen molar-refractivity contribution >= 4 is 17.7 Å². The molecule has 1 atom stereocenters. The molecule has 1 aromatic carbocycles. The van der Waals surface area contributed by atoms with Crippen molar-refractivity contribution in [1.29, 1.82) is 0 Å². The molecule has 1 heterocycles. The van der Waals surface area contributed by atoms with Gasteiger partial charge in [0.15, 0.2) is 0 Å². The quantitative estimate of drug-likeness (QED) is 0.636. The number of benzene rings is 1. The van der Waals surface area contributed by atoms with Crippen LogP contribution >= 0.6 is 11.8 Å². The predicted octanol–water partition coefficient (Wildman–Crippen LogP) is 1.60. The molecule has 1 aliphatic heterocycles. The van der Waals surface area contributed by atoms with E-state index in [1.807, 2.05) is 37.0 Å². The SMILES string of the molecule is CN1CCC(NCCSc2ccccc2)C1=O. The van der Waals surface area contributed by atoms with Gasteiger partial charge in [0.25, 0.3) is 0 Å². The molecule has 2 rings (SSSR count). The minimum absolute atomic E-state index is 0.0383. The molecule has 3 nitrogen and oxygen atoms in total. The Morgan fingerprint density at radius 1 is 1.41 bits per heavy atom. The largest absolute Gasteiger partial charge is 0.344 e. The number of thioether (sulfide) groups is 1. The van der Waals surface area contributed by atoms with Crippen molar-refractivity contribution in [2.24, 2.45) is 0 Å². The number of likely N-dealkylation sites (tertiary alicyclic amines) is 1. The number of amides is 1. The Kier molecular flexibility index (Phi) is 4.45. The molecule has 0 bridgehead atoms. The number of rotatable bonds is 5. The lowest BCUT2D eigenvalue weighted by molar-refractivity contribution is -0.128. The van der Waals surface area contributed by atoms with E-state index in [0.717, 1.165) is 25.3 Å². The second-order valence-electron chi connectivity index (χ2n) is 4.22.